The third-order valence-corrected chi connectivity index (χ3v) is 5.56. The first-order chi connectivity index (χ1) is 13.5. The van der Waals surface area contributed by atoms with Gasteiger partial charge in [-0.25, -0.2) is 9.40 Å². The predicted molar refractivity (Wildman–Crippen MR) is 112 cm³/mol. The summed E-state index contributed by atoms with van der Waals surface area (Å²) in [5, 5.41) is 6.03. The van der Waals surface area contributed by atoms with Crippen molar-refractivity contribution in [1.29, 1.82) is 0 Å². The van der Waals surface area contributed by atoms with Crippen LogP contribution in [0.15, 0.2) is 82.4 Å². The maximum atomic E-state index is 14.5. The van der Waals surface area contributed by atoms with Crippen LogP contribution in [0.3, 0.4) is 0 Å². The number of carbonyl (C=O) groups is 1. The highest BCUT2D eigenvalue weighted by atomic mass is 79.9. The smallest absolute Gasteiger partial charge is 0.267 e. The topological polar surface area (TPSA) is 32.7 Å². The third-order valence-electron chi connectivity index (χ3n) is 4.87. The van der Waals surface area contributed by atoms with Crippen LogP contribution in [0.2, 0.25) is 0 Å². The van der Waals surface area contributed by atoms with E-state index in [4.69, 9.17) is 0 Å². The van der Waals surface area contributed by atoms with Crippen LogP contribution in [0.4, 0.5) is 4.39 Å². The van der Waals surface area contributed by atoms with Crippen molar-refractivity contribution in [3.8, 4) is 0 Å². The molecule has 1 heterocycles. The van der Waals surface area contributed by atoms with Gasteiger partial charge in [-0.1, -0.05) is 60.2 Å². The normalized spacial score (nSPS) is 16.2. The van der Waals surface area contributed by atoms with Gasteiger partial charge < -0.3 is 0 Å². The number of aryl methyl sites for hydroxylation is 1. The summed E-state index contributed by atoms with van der Waals surface area (Å²) in [7, 11) is 0. The largest absolute Gasteiger partial charge is 0.275 e. The summed E-state index contributed by atoms with van der Waals surface area (Å²) in [5.41, 5.74) is 3.82. The number of halogens is 2. The van der Waals surface area contributed by atoms with Crippen molar-refractivity contribution in [1.82, 2.24) is 5.01 Å². The van der Waals surface area contributed by atoms with Crippen LogP contribution in [0, 0.1) is 12.7 Å². The van der Waals surface area contributed by atoms with Gasteiger partial charge in [0, 0.05) is 16.5 Å². The first-order valence-electron chi connectivity index (χ1n) is 9.01. The fourth-order valence-corrected chi connectivity index (χ4v) is 3.82. The summed E-state index contributed by atoms with van der Waals surface area (Å²) in [4.78, 5) is 13.3. The lowest BCUT2D eigenvalue weighted by atomic mass is 9.97. The standard InChI is InChI=1S/C23H18BrFN2O/c1-15-10-12-16(13-11-15)21-14-22(18-7-3-5-9-20(18)25)27(26-21)23(28)17-6-2-4-8-19(17)24/h2-13,22H,14H2,1H3. The highest BCUT2D eigenvalue weighted by molar-refractivity contribution is 9.10. The van der Waals surface area contributed by atoms with Crippen LogP contribution in [-0.4, -0.2) is 16.6 Å². The van der Waals surface area contributed by atoms with Crippen LogP contribution < -0.4 is 0 Å². The molecule has 3 aromatic carbocycles. The number of benzene rings is 3. The average Bonchev–Trinajstić information content (AvgIpc) is 3.14. The second kappa shape index (κ2) is 7.68. The number of carbonyl (C=O) groups excluding carboxylic acids is 1. The lowest BCUT2D eigenvalue weighted by molar-refractivity contribution is 0.0708. The fraction of sp³-hybridized carbons (Fsp3) is 0.130. The van der Waals surface area contributed by atoms with Gasteiger partial charge in [0.25, 0.3) is 5.91 Å². The summed E-state index contributed by atoms with van der Waals surface area (Å²) >= 11 is 3.43. The van der Waals surface area contributed by atoms with Crippen LogP contribution in [0.5, 0.6) is 0 Å². The Kier molecular flexibility index (Phi) is 5.09. The zero-order chi connectivity index (χ0) is 19.7. The summed E-state index contributed by atoms with van der Waals surface area (Å²) in [6.45, 7) is 2.02. The Labute approximate surface area is 171 Å². The van der Waals surface area contributed by atoms with E-state index >= 15 is 0 Å². The van der Waals surface area contributed by atoms with E-state index in [0.717, 1.165) is 16.8 Å². The first kappa shape index (κ1) is 18.6. The number of amides is 1. The second-order valence-electron chi connectivity index (χ2n) is 6.78. The molecule has 3 aromatic rings. The monoisotopic (exact) mass is 436 g/mol. The van der Waals surface area contributed by atoms with E-state index in [1.54, 1.807) is 30.3 Å². The maximum Gasteiger partial charge on any atom is 0.275 e. The Bertz CT molecular complexity index is 1060. The van der Waals surface area contributed by atoms with E-state index in [-0.39, 0.29) is 11.7 Å². The van der Waals surface area contributed by atoms with E-state index < -0.39 is 6.04 Å². The number of hydrogen-bond acceptors (Lipinski definition) is 2. The molecule has 0 saturated carbocycles. The Hall–Kier alpha value is -2.79. The van der Waals surface area contributed by atoms with Gasteiger partial charge >= 0.3 is 0 Å². The van der Waals surface area contributed by atoms with Crippen molar-refractivity contribution in [2.75, 3.05) is 0 Å². The lowest BCUT2D eigenvalue weighted by Gasteiger charge is -2.23. The number of nitrogens with zero attached hydrogens (tertiary/aromatic N) is 2. The van der Waals surface area contributed by atoms with E-state index in [1.807, 2.05) is 43.3 Å². The molecule has 1 aliphatic rings. The lowest BCUT2D eigenvalue weighted by Crippen LogP contribution is -2.28. The highest BCUT2D eigenvalue weighted by Crippen LogP contribution is 2.36. The fourth-order valence-electron chi connectivity index (χ4n) is 3.36. The molecule has 28 heavy (non-hydrogen) atoms. The second-order valence-corrected chi connectivity index (χ2v) is 7.64. The van der Waals surface area contributed by atoms with Gasteiger partial charge in [-0.3, -0.25) is 4.79 Å². The minimum atomic E-state index is -0.489. The van der Waals surface area contributed by atoms with Crippen molar-refractivity contribution in [2.45, 2.75) is 19.4 Å². The Balaban J connectivity index is 1.77. The zero-order valence-corrected chi connectivity index (χ0v) is 16.9. The van der Waals surface area contributed by atoms with Crippen LogP contribution in [0.1, 0.15) is 39.5 Å². The molecule has 140 valence electrons. The Morgan fingerprint density at radius 2 is 1.71 bits per heavy atom. The van der Waals surface area contributed by atoms with Gasteiger partial charge in [0.2, 0.25) is 0 Å². The zero-order valence-electron chi connectivity index (χ0n) is 15.3. The van der Waals surface area contributed by atoms with Crippen molar-refractivity contribution in [2.24, 2.45) is 5.10 Å². The van der Waals surface area contributed by atoms with Crippen molar-refractivity contribution < 1.29 is 9.18 Å². The molecule has 3 nitrogen and oxygen atoms in total. The molecule has 0 bridgehead atoms. The van der Waals surface area contributed by atoms with E-state index in [9.17, 15) is 9.18 Å². The summed E-state index contributed by atoms with van der Waals surface area (Å²) in [6, 6.07) is 21.3. The number of hydrazone groups is 1. The van der Waals surface area contributed by atoms with Crippen molar-refractivity contribution in [3.63, 3.8) is 0 Å². The molecule has 0 saturated heterocycles. The van der Waals surface area contributed by atoms with Gasteiger partial charge in [-0.05, 0) is 46.6 Å². The molecule has 0 aliphatic carbocycles. The minimum Gasteiger partial charge on any atom is -0.267 e. The molecule has 0 radical (unpaired) electrons. The molecule has 0 fully saturated rings. The SMILES string of the molecule is Cc1ccc(C2=NN(C(=O)c3ccccc3Br)C(c3ccccc3F)C2)cc1. The Morgan fingerprint density at radius 3 is 2.43 bits per heavy atom. The van der Waals surface area contributed by atoms with Crippen LogP contribution in [0.25, 0.3) is 0 Å². The molecular weight excluding hydrogens is 419 g/mol. The van der Waals surface area contributed by atoms with Crippen molar-refractivity contribution >= 4 is 27.5 Å². The molecule has 0 aromatic heterocycles. The average molecular weight is 437 g/mol. The molecule has 0 spiro atoms. The van der Waals surface area contributed by atoms with Crippen LogP contribution >= 0.6 is 15.9 Å². The van der Waals surface area contributed by atoms with Crippen molar-refractivity contribution in [3.05, 3.63) is 105 Å². The molecule has 1 amide bonds. The molecule has 1 unspecified atom stereocenters. The summed E-state index contributed by atoms with van der Waals surface area (Å²) in [5.74, 6) is -0.597. The first-order valence-corrected chi connectivity index (χ1v) is 9.81. The third kappa shape index (κ3) is 3.50. The molecular formula is C23H18BrFN2O. The maximum absolute atomic E-state index is 14.5. The minimum absolute atomic E-state index is 0.261. The van der Waals surface area contributed by atoms with E-state index in [0.29, 0.717) is 22.0 Å². The molecule has 4 rings (SSSR count). The highest BCUT2D eigenvalue weighted by Gasteiger charge is 2.35. The molecule has 5 heteroatoms. The van der Waals surface area contributed by atoms with Gasteiger partial charge in [0.15, 0.2) is 0 Å². The molecule has 1 aliphatic heterocycles. The van der Waals surface area contributed by atoms with E-state index in [1.165, 1.54) is 11.1 Å². The number of rotatable bonds is 3. The molecule has 0 N–H and O–H groups in total. The molecule has 1 atom stereocenters. The van der Waals surface area contributed by atoms with Gasteiger partial charge in [0.1, 0.15) is 5.82 Å². The van der Waals surface area contributed by atoms with Gasteiger partial charge in [0.05, 0.1) is 17.3 Å². The summed E-state index contributed by atoms with van der Waals surface area (Å²) in [6.07, 6.45) is 0.459. The Morgan fingerprint density at radius 1 is 1.04 bits per heavy atom. The van der Waals surface area contributed by atoms with Crippen LogP contribution in [-0.2, 0) is 0 Å². The van der Waals surface area contributed by atoms with Gasteiger partial charge in [-0.2, -0.15) is 5.10 Å². The quantitative estimate of drug-likeness (QED) is 0.503. The van der Waals surface area contributed by atoms with E-state index in [2.05, 4.69) is 21.0 Å². The van der Waals surface area contributed by atoms with Gasteiger partial charge in [-0.15, -0.1) is 0 Å². The predicted octanol–water partition coefficient (Wildman–Crippen LogP) is 5.89. The summed E-state index contributed by atoms with van der Waals surface area (Å²) < 4.78 is 15.2. The number of hydrogen-bond donors (Lipinski definition) is 0.